The Morgan fingerprint density at radius 3 is 2.10 bits per heavy atom. The Kier molecular flexibility index (Phi) is 12.0. The van der Waals surface area contributed by atoms with Crippen LogP contribution in [0.5, 0.6) is 0 Å². The molecule has 0 aromatic rings. The monoisotopic (exact) mass is 342 g/mol. The van der Waals surface area contributed by atoms with E-state index in [0.717, 1.165) is 32.7 Å². The summed E-state index contributed by atoms with van der Waals surface area (Å²) in [5.41, 5.74) is 5.64. The summed E-state index contributed by atoms with van der Waals surface area (Å²) in [6.07, 6.45) is 0.958. The minimum absolute atomic E-state index is 0. The van der Waals surface area contributed by atoms with Gasteiger partial charge in [-0.25, -0.2) is 0 Å². The molecule has 0 saturated carbocycles. The summed E-state index contributed by atoms with van der Waals surface area (Å²) in [5.74, 6) is 0.287. The van der Waals surface area contributed by atoms with Crippen molar-refractivity contribution < 1.29 is 9.59 Å². The second-order valence-electron chi connectivity index (χ2n) is 5.44. The maximum Gasteiger partial charge on any atom is 0.224 e. The van der Waals surface area contributed by atoms with E-state index < -0.39 is 0 Å². The van der Waals surface area contributed by atoms with Gasteiger partial charge in [0.1, 0.15) is 0 Å². The highest BCUT2D eigenvalue weighted by Crippen LogP contribution is 2.05. The van der Waals surface area contributed by atoms with Crippen LogP contribution >= 0.6 is 24.8 Å². The lowest BCUT2D eigenvalue weighted by Gasteiger charge is -2.35. The number of nitrogens with zero attached hydrogens (tertiary/aromatic N) is 3. The number of carbonyl (C=O) groups is 2. The van der Waals surface area contributed by atoms with Gasteiger partial charge >= 0.3 is 0 Å². The second kappa shape index (κ2) is 11.1. The van der Waals surface area contributed by atoms with E-state index in [-0.39, 0.29) is 42.7 Å². The van der Waals surface area contributed by atoms with Crippen LogP contribution in [-0.4, -0.2) is 79.4 Å². The van der Waals surface area contributed by atoms with Gasteiger partial charge < -0.3 is 15.5 Å². The van der Waals surface area contributed by atoms with Crippen LogP contribution in [0.15, 0.2) is 0 Å². The number of hydrogen-bond donors (Lipinski definition) is 1. The molecule has 1 heterocycles. The first-order valence-corrected chi connectivity index (χ1v) is 6.86. The predicted molar refractivity (Wildman–Crippen MR) is 89.1 cm³/mol. The smallest absolute Gasteiger partial charge is 0.224 e. The zero-order chi connectivity index (χ0) is 14.4. The Morgan fingerprint density at radius 1 is 1.14 bits per heavy atom. The maximum absolute atomic E-state index is 11.8. The highest BCUT2D eigenvalue weighted by Gasteiger charge is 2.21. The molecular formula is C13H28Cl2N4O2. The van der Waals surface area contributed by atoms with E-state index in [1.807, 2.05) is 11.8 Å². The molecule has 1 aliphatic rings. The van der Waals surface area contributed by atoms with E-state index in [1.54, 1.807) is 19.0 Å². The fraction of sp³-hybridized carbons (Fsp3) is 0.846. The summed E-state index contributed by atoms with van der Waals surface area (Å²) in [6, 6.07) is -0.0803. The van der Waals surface area contributed by atoms with Crippen LogP contribution in [-0.2, 0) is 9.59 Å². The summed E-state index contributed by atoms with van der Waals surface area (Å²) in [6.45, 7) is 5.77. The standard InChI is InChI=1S/C13H26N4O2.2ClH/c1-11(14)10-13(19)17-8-6-16(7-9-17)5-4-12(18)15(2)3;;/h11H,4-10,14H2,1-3H3;2*1H. The number of rotatable bonds is 5. The topological polar surface area (TPSA) is 69.9 Å². The first kappa shape index (κ1) is 22.7. The van der Waals surface area contributed by atoms with Crippen molar-refractivity contribution >= 4 is 36.6 Å². The van der Waals surface area contributed by atoms with Crippen molar-refractivity contribution in [1.82, 2.24) is 14.7 Å². The molecule has 6 nitrogen and oxygen atoms in total. The maximum atomic E-state index is 11.8. The lowest BCUT2D eigenvalue weighted by atomic mass is 10.2. The molecule has 0 bridgehead atoms. The third-order valence-corrected chi connectivity index (χ3v) is 3.36. The number of carbonyl (C=O) groups excluding carboxylic acids is 2. The fourth-order valence-electron chi connectivity index (χ4n) is 2.10. The van der Waals surface area contributed by atoms with Gasteiger partial charge in [-0.1, -0.05) is 0 Å². The van der Waals surface area contributed by atoms with Gasteiger partial charge in [0.05, 0.1) is 0 Å². The van der Waals surface area contributed by atoms with Gasteiger partial charge in [-0.2, -0.15) is 0 Å². The summed E-state index contributed by atoms with van der Waals surface area (Å²) >= 11 is 0. The molecule has 21 heavy (non-hydrogen) atoms. The third-order valence-electron chi connectivity index (χ3n) is 3.36. The van der Waals surface area contributed by atoms with E-state index in [2.05, 4.69) is 4.90 Å². The average molecular weight is 343 g/mol. The SMILES string of the molecule is CC(N)CC(=O)N1CCN(CCC(=O)N(C)C)CC1.Cl.Cl. The molecule has 0 aromatic heterocycles. The number of hydrogen-bond acceptors (Lipinski definition) is 4. The Morgan fingerprint density at radius 2 is 1.67 bits per heavy atom. The van der Waals surface area contributed by atoms with E-state index in [0.29, 0.717) is 12.8 Å². The molecule has 0 aromatic carbocycles. The molecule has 0 radical (unpaired) electrons. The van der Waals surface area contributed by atoms with Crippen molar-refractivity contribution in [2.45, 2.75) is 25.8 Å². The summed E-state index contributed by atoms with van der Waals surface area (Å²) in [5, 5.41) is 0. The van der Waals surface area contributed by atoms with Crippen LogP contribution in [0, 0.1) is 0 Å². The molecule has 8 heteroatoms. The van der Waals surface area contributed by atoms with Gasteiger partial charge in [0.15, 0.2) is 0 Å². The van der Waals surface area contributed by atoms with Gasteiger partial charge in [-0.15, -0.1) is 24.8 Å². The molecule has 2 N–H and O–H groups in total. The summed E-state index contributed by atoms with van der Waals surface area (Å²) in [4.78, 5) is 29.1. The molecule has 1 rings (SSSR count). The minimum atomic E-state index is -0.0803. The zero-order valence-corrected chi connectivity index (χ0v) is 14.7. The van der Waals surface area contributed by atoms with Crippen molar-refractivity contribution in [3.05, 3.63) is 0 Å². The van der Waals surface area contributed by atoms with Crippen LogP contribution in [0.25, 0.3) is 0 Å². The molecule has 126 valence electrons. The fourth-order valence-corrected chi connectivity index (χ4v) is 2.10. The molecule has 1 aliphatic heterocycles. The van der Waals surface area contributed by atoms with Crippen molar-refractivity contribution in [2.75, 3.05) is 46.8 Å². The largest absolute Gasteiger partial charge is 0.349 e. The molecule has 1 saturated heterocycles. The van der Waals surface area contributed by atoms with Crippen LogP contribution < -0.4 is 5.73 Å². The van der Waals surface area contributed by atoms with Crippen LogP contribution in [0.4, 0.5) is 0 Å². The van der Waals surface area contributed by atoms with E-state index in [9.17, 15) is 9.59 Å². The quantitative estimate of drug-likeness (QED) is 0.774. The number of amides is 2. The Labute approximate surface area is 139 Å². The normalized spacial score (nSPS) is 16.5. The van der Waals surface area contributed by atoms with Crippen LogP contribution in [0.1, 0.15) is 19.8 Å². The molecule has 2 amide bonds. The molecule has 0 aliphatic carbocycles. The number of halogens is 2. The predicted octanol–water partition coefficient (Wildman–Crippen LogP) is 0.190. The lowest BCUT2D eigenvalue weighted by molar-refractivity contribution is -0.134. The van der Waals surface area contributed by atoms with Gasteiger partial charge in [0.25, 0.3) is 0 Å². The third kappa shape index (κ3) is 8.46. The van der Waals surface area contributed by atoms with Gasteiger partial charge in [0.2, 0.25) is 11.8 Å². The lowest BCUT2D eigenvalue weighted by Crippen LogP contribution is -2.50. The Bertz CT molecular complexity index is 319. The van der Waals surface area contributed by atoms with Crippen LogP contribution in [0.3, 0.4) is 0 Å². The van der Waals surface area contributed by atoms with Gasteiger partial charge in [0, 0.05) is 65.7 Å². The van der Waals surface area contributed by atoms with E-state index in [4.69, 9.17) is 5.73 Å². The molecular weight excluding hydrogens is 315 g/mol. The van der Waals surface area contributed by atoms with Crippen molar-refractivity contribution in [2.24, 2.45) is 5.73 Å². The second-order valence-corrected chi connectivity index (χ2v) is 5.44. The van der Waals surface area contributed by atoms with Crippen molar-refractivity contribution in [3.8, 4) is 0 Å². The Balaban J connectivity index is 0. The number of piperazine rings is 1. The summed E-state index contributed by atoms with van der Waals surface area (Å²) in [7, 11) is 3.54. The van der Waals surface area contributed by atoms with Crippen molar-refractivity contribution in [1.29, 1.82) is 0 Å². The minimum Gasteiger partial charge on any atom is -0.349 e. The van der Waals surface area contributed by atoms with E-state index >= 15 is 0 Å². The molecule has 1 atom stereocenters. The highest BCUT2D eigenvalue weighted by atomic mass is 35.5. The Hall–Kier alpha value is -0.560. The van der Waals surface area contributed by atoms with Gasteiger partial charge in [-0.05, 0) is 6.92 Å². The first-order chi connectivity index (χ1) is 8.90. The first-order valence-electron chi connectivity index (χ1n) is 6.86. The molecule has 0 spiro atoms. The average Bonchev–Trinajstić information content (AvgIpc) is 2.35. The van der Waals surface area contributed by atoms with E-state index in [1.165, 1.54) is 0 Å². The van der Waals surface area contributed by atoms with Gasteiger partial charge in [-0.3, -0.25) is 14.5 Å². The number of nitrogens with two attached hydrogens (primary N) is 1. The molecule has 1 unspecified atom stereocenters. The highest BCUT2D eigenvalue weighted by molar-refractivity contribution is 5.85. The summed E-state index contributed by atoms with van der Waals surface area (Å²) < 4.78 is 0. The molecule has 1 fully saturated rings. The van der Waals surface area contributed by atoms with Crippen LogP contribution in [0.2, 0.25) is 0 Å². The zero-order valence-electron chi connectivity index (χ0n) is 13.1. The van der Waals surface area contributed by atoms with Crippen molar-refractivity contribution in [3.63, 3.8) is 0 Å².